The van der Waals surface area contributed by atoms with Crippen LogP contribution < -0.4 is 10.2 Å². The molecule has 0 radical (unpaired) electrons. The zero-order valence-corrected chi connectivity index (χ0v) is 15.5. The third kappa shape index (κ3) is 3.42. The number of fused-ring (bicyclic) bond motifs is 2. The van der Waals surface area contributed by atoms with E-state index < -0.39 is 11.4 Å². The number of halogens is 1. The SMILES string of the molecule is O=C(O)CCCNC(=O)CN1C(=O)C2(CCCC2)c2cc(Br)ccc21. The average molecular weight is 409 g/mol. The Labute approximate surface area is 154 Å². The number of aliphatic carboxylic acids is 1. The van der Waals surface area contributed by atoms with Crippen LogP contribution >= 0.6 is 15.9 Å². The second-order valence-electron chi connectivity index (χ2n) is 6.69. The number of anilines is 1. The van der Waals surface area contributed by atoms with Crippen LogP contribution in [0.3, 0.4) is 0 Å². The Bertz CT molecular complexity index is 713. The molecular formula is C18H21BrN2O4. The van der Waals surface area contributed by atoms with Crippen LogP contribution in [0.4, 0.5) is 5.69 Å². The number of rotatable bonds is 6. The minimum absolute atomic E-state index is 0.0128. The molecule has 1 fully saturated rings. The second kappa shape index (κ2) is 7.15. The lowest BCUT2D eigenvalue weighted by atomic mass is 9.80. The highest BCUT2D eigenvalue weighted by atomic mass is 79.9. The molecule has 2 aliphatic rings. The minimum atomic E-state index is -0.883. The summed E-state index contributed by atoms with van der Waals surface area (Å²) >= 11 is 3.48. The van der Waals surface area contributed by atoms with Gasteiger partial charge in [-0.25, -0.2) is 0 Å². The minimum Gasteiger partial charge on any atom is -0.481 e. The molecule has 7 heteroatoms. The average Bonchev–Trinajstić information content (AvgIpc) is 3.13. The number of nitrogens with one attached hydrogen (secondary N) is 1. The van der Waals surface area contributed by atoms with Gasteiger partial charge in [0, 0.05) is 23.1 Å². The molecule has 6 nitrogen and oxygen atoms in total. The summed E-state index contributed by atoms with van der Waals surface area (Å²) in [4.78, 5) is 37.4. The monoisotopic (exact) mass is 408 g/mol. The number of hydrogen-bond acceptors (Lipinski definition) is 3. The summed E-state index contributed by atoms with van der Waals surface area (Å²) in [7, 11) is 0. The maximum Gasteiger partial charge on any atom is 0.303 e. The van der Waals surface area contributed by atoms with E-state index in [0.29, 0.717) is 13.0 Å². The van der Waals surface area contributed by atoms with Crippen LogP contribution in [-0.4, -0.2) is 36.0 Å². The third-order valence-corrected chi connectivity index (χ3v) is 5.56. The summed E-state index contributed by atoms with van der Waals surface area (Å²) in [5.41, 5.74) is 1.35. The van der Waals surface area contributed by atoms with Crippen molar-refractivity contribution in [3.63, 3.8) is 0 Å². The summed E-state index contributed by atoms with van der Waals surface area (Å²) in [5.74, 6) is -1.13. The molecule has 0 saturated heterocycles. The number of benzene rings is 1. The number of hydrogen-bond donors (Lipinski definition) is 2. The fraction of sp³-hybridized carbons (Fsp3) is 0.500. The Hall–Kier alpha value is -1.89. The van der Waals surface area contributed by atoms with Gasteiger partial charge >= 0.3 is 5.97 Å². The van der Waals surface area contributed by atoms with E-state index in [0.717, 1.165) is 41.4 Å². The molecule has 0 aromatic heterocycles. The number of nitrogens with zero attached hydrogens (tertiary/aromatic N) is 1. The predicted octanol–water partition coefficient (Wildman–Crippen LogP) is 2.59. The summed E-state index contributed by atoms with van der Waals surface area (Å²) < 4.78 is 0.935. The van der Waals surface area contributed by atoms with Gasteiger partial charge in [0.1, 0.15) is 6.54 Å². The van der Waals surface area contributed by atoms with Gasteiger partial charge in [0.25, 0.3) is 0 Å². The van der Waals surface area contributed by atoms with Crippen molar-refractivity contribution in [2.24, 2.45) is 0 Å². The first-order valence-corrected chi connectivity index (χ1v) is 9.34. The second-order valence-corrected chi connectivity index (χ2v) is 7.60. The van der Waals surface area contributed by atoms with Gasteiger partial charge in [-0.05, 0) is 43.0 Å². The van der Waals surface area contributed by atoms with Gasteiger partial charge in [-0.2, -0.15) is 0 Å². The summed E-state index contributed by atoms with van der Waals surface area (Å²) in [5, 5.41) is 11.3. The number of amides is 2. The highest BCUT2D eigenvalue weighted by Gasteiger charge is 2.52. The summed E-state index contributed by atoms with van der Waals surface area (Å²) in [6, 6.07) is 5.78. The van der Waals surface area contributed by atoms with Gasteiger partial charge in [0.2, 0.25) is 11.8 Å². The number of carbonyl (C=O) groups excluding carboxylic acids is 2. The molecule has 1 aliphatic heterocycles. The maximum atomic E-state index is 13.1. The maximum absolute atomic E-state index is 13.1. The van der Waals surface area contributed by atoms with Crippen LogP contribution in [0.25, 0.3) is 0 Å². The van der Waals surface area contributed by atoms with Gasteiger partial charge in [-0.1, -0.05) is 28.8 Å². The van der Waals surface area contributed by atoms with Crippen molar-refractivity contribution in [3.8, 4) is 0 Å². The normalized spacial score (nSPS) is 17.8. The standard InChI is InChI=1S/C18H21BrN2O4/c19-12-5-6-14-13(10-12)18(7-1-2-8-18)17(25)21(14)11-15(22)20-9-3-4-16(23)24/h5-6,10H,1-4,7-9,11H2,(H,20,22)(H,23,24). The molecule has 3 rings (SSSR count). The van der Waals surface area contributed by atoms with Crippen molar-refractivity contribution in [1.82, 2.24) is 5.32 Å². The number of carboxylic acid groups (broad SMARTS) is 1. The molecule has 1 spiro atoms. The molecule has 2 N–H and O–H groups in total. The molecule has 0 unspecified atom stereocenters. The van der Waals surface area contributed by atoms with Crippen molar-refractivity contribution in [2.75, 3.05) is 18.0 Å². The summed E-state index contributed by atoms with van der Waals surface area (Å²) in [6.45, 7) is 0.272. The van der Waals surface area contributed by atoms with Crippen molar-refractivity contribution in [3.05, 3.63) is 28.2 Å². The molecule has 1 aromatic carbocycles. The zero-order valence-electron chi connectivity index (χ0n) is 13.9. The summed E-state index contributed by atoms with van der Waals surface area (Å²) in [6.07, 6.45) is 4.09. The van der Waals surface area contributed by atoms with Gasteiger partial charge in [0.15, 0.2) is 0 Å². The van der Waals surface area contributed by atoms with E-state index in [1.165, 1.54) is 0 Å². The fourth-order valence-corrected chi connectivity index (χ4v) is 4.26. The van der Waals surface area contributed by atoms with Gasteiger partial charge in [-0.15, -0.1) is 0 Å². The molecule has 2 amide bonds. The zero-order chi connectivity index (χ0) is 18.0. The van der Waals surface area contributed by atoms with Crippen molar-refractivity contribution < 1.29 is 19.5 Å². The van der Waals surface area contributed by atoms with Crippen LogP contribution in [0.1, 0.15) is 44.1 Å². The number of carboxylic acids is 1. The Morgan fingerprint density at radius 2 is 2.00 bits per heavy atom. The quantitative estimate of drug-likeness (QED) is 0.708. The van der Waals surface area contributed by atoms with E-state index in [1.54, 1.807) is 4.90 Å². The highest BCUT2D eigenvalue weighted by molar-refractivity contribution is 9.10. The van der Waals surface area contributed by atoms with Gasteiger partial charge < -0.3 is 15.3 Å². The predicted molar refractivity (Wildman–Crippen MR) is 96.5 cm³/mol. The van der Waals surface area contributed by atoms with E-state index in [2.05, 4.69) is 21.2 Å². The van der Waals surface area contributed by atoms with E-state index >= 15 is 0 Å². The molecule has 1 saturated carbocycles. The Morgan fingerprint density at radius 1 is 1.28 bits per heavy atom. The molecule has 0 bridgehead atoms. The van der Waals surface area contributed by atoms with Crippen LogP contribution in [-0.2, 0) is 19.8 Å². The smallest absolute Gasteiger partial charge is 0.303 e. The first-order chi connectivity index (χ1) is 11.9. The van der Waals surface area contributed by atoms with Crippen LogP contribution in [0.5, 0.6) is 0 Å². The largest absolute Gasteiger partial charge is 0.481 e. The van der Waals surface area contributed by atoms with Crippen molar-refractivity contribution >= 4 is 39.4 Å². The molecule has 25 heavy (non-hydrogen) atoms. The Kier molecular flexibility index (Phi) is 5.13. The lowest BCUT2D eigenvalue weighted by molar-refractivity contribution is -0.137. The molecule has 1 aliphatic carbocycles. The van der Waals surface area contributed by atoms with Gasteiger partial charge in [0.05, 0.1) is 5.41 Å². The third-order valence-electron chi connectivity index (χ3n) is 5.07. The first-order valence-electron chi connectivity index (χ1n) is 8.54. The van der Waals surface area contributed by atoms with Crippen molar-refractivity contribution in [2.45, 2.75) is 43.9 Å². The van der Waals surface area contributed by atoms with Crippen LogP contribution in [0, 0.1) is 0 Å². The molecular weight excluding hydrogens is 388 g/mol. The van der Waals surface area contributed by atoms with E-state index in [1.807, 2.05) is 18.2 Å². The number of carbonyl (C=O) groups is 3. The lowest BCUT2D eigenvalue weighted by Gasteiger charge is -2.23. The van der Waals surface area contributed by atoms with Gasteiger partial charge in [-0.3, -0.25) is 14.4 Å². The molecule has 1 heterocycles. The lowest BCUT2D eigenvalue weighted by Crippen LogP contribution is -2.44. The highest BCUT2D eigenvalue weighted by Crippen LogP contribution is 2.51. The van der Waals surface area contributed by atoms with E-state index in [-0.39, 0.29) is 24.8 Å². The Morgan fingerprint density at radius 3 is 2.68 bits per heavy atom. The van der Waals surface area contributed by atoms with E-state index in [4.69, 9.17) is 5.11 Å². The van der Waals surface area contributed by atoms with Crippen LogP contribution in [0.2, 0.25) is 0 Å². The molecule has 134 valence electrons. The molecule has 0 atom stereocenters. The van der Waals surface area contributed by atoms with Crippen molar-refractivity contribution in [1.29, 1.82) is 0 Å². The fourth-order valence-electron chi connectivity index (χ4n) is 3.90. The first kappa shape index (κ1) is 17.9. The van der Waals surface area contributed by atoms with E-state index in [9.17, 15) is 14.4 Å². The topological polar surface area (TPSA) is 86.7 Å². The van der Waals surface area contributed by atoms with Crippen LogP contribution in [0.15, 0.2) is 22.7 Å². The molecule has 1 aromatic rings. The Balaban J connectivity index is 1.73.